The Labute approximate surface area is 170 Å². The molecule has 2 amide bonds. The number of nitrogens with one attached hydrogen (secondary N) is 1. The Bertz CT molecular complexity index is 1010. The van der Waals surface area contributed by atoms with Crippen LogP contribution in [-0.2, 0) is 7.05 Å². The van der Waals surface area contributed by atoms with Gasteiger partial charge < -0.3 is 14.6 Å². The highest BCUT2D eigenvalue weighted by Gasteiger charge is 2.32. The molecule has 3 heterocycles. The second-order valence-electron chi connectivity index (χ2n) is 8.00. The van der Waals surface area contributed by atoms with E-state index in [2.05, 4.69) is 33.5 Å². The topological polar surface area (TPSA) is 79.4 Å². The van der Waals surface area contributed by atoms with Gasteiger partial charge in [-0.15, -0.1) is 0 Å². The second kappa shape index (κ2) is 7.87. The van der Waals surface area contributed by atoms with E-state index in [1.807, 2.05) is 50.1 Å². The Morgan fingerprint density at radius 2 is 2.21 bits per heavy atom. The number of rotatable bonds is 4. The highest BCUT2D eigenvalue weighted by Crippen LogP contribution is 2.35. The van der Waals surface area contributed by atoms with Crippen LogP contribution < -0.4 is 5.32 Å². The highest BCUT2D eigenvalue weighted by atomic mass is 16.3. The number of hydrogen-bond donors (Lipinski definition) is 1. The normalized spacial score (nSPS) is 20.1. The summed E-state index contributed by atoms with van der Waals surface area (Å²) in [6.07, 6.45) is 6.24. The van der Waals surface area contributed by atoms with Gasteiger partial charge in [0.05, 0.1) is 6.20 Å². The smallest absolute Gasteiger partial charge is 0.321 e. The first kappa shape index (κ1) is 19.4. The molecule has 154 valence electrons. The molecule has 1 saturated heterocycles. The molecule has 1 aliphatic rings. The third-order valence-corrected chi connectivity index (χ3v) is 5.68. The van der Waals surface area contributed by atoms with Crippen molar-refractivity contribution in [3.05, 3.63) is 42.0 Å². The van der Waals surface area contributed by atoms with Gasteiger partial charge in [0.2, 0.25) is 0 Å². The zero-order valence-corrected chi connectivity index (χ0v) is 17.4. The van der Waals surface area contributed by atoms with Crippen LogP contribution in [-0.4, -0.2) is 57.8 Å². The number of fused-ring (bicyclic) bond motifs is 1. The number of carbonyl (C=O) groups is 1. The van der Waals surface area contributed by atoms with Crippen molar-refractivity contribution in [1.82, 2.24) is 24.6 Å². The second-order valence-corrected chi connectivity index (χ2v) is 8.00. The lowest BCUT2D eigenvalue weighted by molar-refractivity contribution is 0.101. The van der Waals surface area contributed by atoms with Crippen molar-refractivity contribution in [1.29, 1.82) is 0 Å². The first-order valence-corrected chi connectivity index (χ1v) is 9.99. The van der Waals surface area contributed by atoms with E-state index in [0.717, 1.165) is 24.9 Å². The predicted molar refractivity (Wildman–Crippen MR) is 112 cm³/mol. The van der Waals surface area contributed by atoms with Crippen LogP contribution in [0.1, 0.15) is 30.3 Å². The fourth-order valence-electron chi connectivity index (χ4n) is 4.34. The minimum absolute atomic E-state index is 0.126. The first-order chi connectivity index (χ1) is 13.9. The number of carbonyl (C=O) groups excluding carboxylic acids is 1. The number of hydrogen-bond acceptors (Lipinski definition) is 5. The molecule has 3 aromatic rings. The van der Waals surface area contributed by atoms with E-state index in [0.29, 0.717) is 29.6 Å². The van der Waals surface area contributed by atoms with Crippen molar-refractivity contribution >= 4 is 22.8 Å². The number of nitrogens with zero attached hydrogens (tertiary/aromatic N) is 5. The zero-order chi connectivity index (χ0) is 20.5. The van der Waals surface area contributed by atoms with Gasteiger partial charge in [0, 0.05) is 57.1 Å². The van der Waals surface area contributed by atoms with Crippen molar-refractivity contribution in [2.75, 3.05) is 32.5 Å². The van der Waals surface area contributed by atoms with Crippen LogP contribution in [0.4, 0.5) is 10.5 Å². The van der Waals surface area contributed by atoms with Crippen LogP contribution in [0, 0.1) is 12.8 Å². The summed E-state index contributed by atoms with van der Waals surface area (Å²) in [7, 11) is 5.94. The van der Waals surface area contributed by atoms with Gasteiger partial charge >= 0.3 is 6.03 Å². The molecular formula is C21H28N6O2. The van der Waals surface area contributed by atoms with E-state index in [4.69, 9.17) is 4.42 Å². The van der Waals surface area contributed by atoms with E-state index < -0.39 is 0 Å². The number of oxazole rings is 1. The lowest BCUT2D eigenvalue weighted by Gasteiger charge is -2.40. The number of aromatic nitrogens is 3. The van der Waals surface area contributed by atoms with E-state index >= 15 is 0 Å². The standard InChI is InChI=1S/C21H28N6O2/c1-14-23-18-8-7-17(10-19(18)29-14)24-21(28)26(3)12-15-6-5-9-25(2)20(15)16-11-22-27(4)13-16/h7-8,10-11,13,15,20H,5-6,9,12H2,1-4H3,(H,24,28)/t15-,20+/m0/s1. The van der Waals surface area contributed by atoms with Gasteiger partial charge in [-0.05, 0) is 44.5 Å². The number of amides is 2. The average Bonchev–Trinajstić information content (AvgIpc) is 3.25. The van der Waals surface area contributed by atoms with E-state index in [9.17, 15) is 4.79 Å². The fourth-order valence-corrected chi connectivity index (χ4v) is 4.34. The zero-order valence-electron chi connectivity index (χ0n) is 17.4. The van der Waals surface area contributed by atoms with Crippen LogP contribution >= 0.6 is 0 Å². The Kier molecular flexibility index (Phi) is 5.27. The molecule has 0 saturated carbocycles. The van der Waals surface area contributed by atoms with Gasteiger partial charge in [0.1, 0.15) is 5.52 Å². The molecule has 0 bridgehead atoms. The molecule has 1 aliphatic heterocycles. The molecule has 1 N–H and O–H groups in total. The summed E-state index contributed by atoms with van der Waals surface area (Å²) < 4.78 is 7.40. The SMILES string of the molecule is Cc1nc2ccc(NC(=O)N(C)C[C@@H]3CCCN(C)[C@H]3c3cnn(C)c3)cc2o1. The number of benzene rings is 1. The molecule has 2 aromatic heterocycles. The van der Waals surface area contributed by atoms with Gasteiger partial charge in [0.25, 0.3) is 0 Å². The third-order valence-electron chi connectivity index (χ3n) is 5.68. The van der Waals surface area contributed by atoms with Crippen molar-refractivity contribution in [3.8, 4) is 0 Å². The van der Waals surface area contributed by atoms with E-state index in [-0.39, 0.29) is 12.1 Å². The summed E-state index contributed by atoms with van der Waals surface area (Å²) in [5.41, 5.74) is 3.38. The summed E-state index contributed by atoms with van der Waals surface area (Å²) in [6, 6.07) is 5.66. The van der Waals surface area contributed by atoms with Crippen LogP contribution in [0.3, 0.4) is 0 Å². The maximum Gasteiger partial charge on any atom is 0.321 e. The number of piperidine rings is 1. The van der Waals surface area contributed by atoms with Gasteiger partial charge in [-0.25, -0.2) is 9.78 Å². The largest absolute Gasteiger partial charge is 0.441 e. The highest BCUT2D eigenvalue weighted by molar-refractivity contribution is 5.91. The summed E-state index contributed by atoms with van der Waals surface area (Å²) in [5.74, 6) is 0.969. The predicted octanol–water partition coefficient (Wildman–Crippen LogP) is 3.42. The Morgan fingerprint density at radius 3 is 2.97 bits per heavy atom. The number of anilines is 1. The molecule has 0 radical (unpaired) electrons. The molecule has 4 rings (SSSR count). The lowest BCUT2D eigenvalue weighted by Crippen LogP contribution is -2.43. The van der Waals surface area contributed by atoms with Crippen molar-refractivity contribution in [3.63, 3.8) is 0 Å². The van der Waals surface area contributed by atoms with Crippen LogP contribution in [0.2, 0.25) is 0 Å². The fraction of sp³-hybridized carbons (Fsp3) is 0.476. The van der Waals surface area contributed by atoms with Crippen molar-refractivity contribution < 1.29 is 9.21 Å². The first-order valence-electron chi connectivity index (χ1n) is 9.99. The van der Waals surface area contributed by atoms with E-state index in [1.54, 1.807) is 4.90 Å². The molecule has 1 fully saturated rings. The molecule has 8 heteroatoms. The number of aryl methyl sites for hydroxylation is 2. The third kappa shape index (κ3) is 4.12. The van der Waals surface area contributed by atoms with Gasteiger partial charge in [-0.3, -0.25) is 9.58 Å². The Balaban J connectivity index is 1.44. The van der Waals surface area contributed by atoms with Crippen molar-refractivity contribution in [2.45, 2.75) is 25.8 Å². The van der Waals surface area contributed by atoms with Crippen LogP contribution in [0.15, 0.2) is 35.0 Å². The Morgan fingerprint density at radius 1 is 1.38 bits per heavy atom. The average molecular weight is 396 g/mol. The van der Waals surface area contributed by atoms with Crippen LogP contribution in [0.5, 0.6) is 0 Å². The maximum absolute atomic E-state index is 12.8. The maximum atomic E-state index is 12.8. The van der Waals surface area contributed by atoms with Gasteiger partial charge in [-0.1, -0.05) is 0 Å². The molecule has 0 spiro atoms. The Hall–Kier alpha value is -2.87. The summed E-state index contributed by atoms with van der Waals surface area (Å²) in [4.78, 5) is 21.2. The molecule has 8 nitrogen and oxygen atoms in total. The minimum atomic E-state index is -0.126. The molecule has 0 aliphatic carbocycles. The summed E-state index contributed by atoms with van der Waals surface area (Å²) in [5, 5.41) is 7.31. The molecule has 1 aromatic carbocycles. The van der Waals surface area contributed by atoms with Gasteiger partial charge in [0.15, 0.2) is 11.5 Å². The lowest BCUT2D eigenvalue weighted by atomic mass is 9.86. The minimum Gasteiger partial charge on any atom is -0.441 e. The van der Waals surface area contributed by atoms with E-state index in [1.165, 1.54) is 5.56 Å². The summed E-state index contributed by atoms with van der Waals surface area (Å²) in [6.45, 7) is 3.55. The number of likely N-dealkylation sites (tertiary alicyclic amines) is 1. The van der Waals surface area contributed by atoms with Crippen LogP contribution in [0.25, 0.3) is 11.1 Å². The monoisotopic (exact) mass is 396 g/mol. The molecule has 2 atom stereocenters. The molecule has 0 unspecified atom stereocenters. The van der Waals surface area contributed by atoms with Gasteiger partial charge in [-0.2, -0.15) is 5.10 Å². The molecule has 29 heavy (non-hydrogen) atoms. The van der Waals surface area contributed by atoms with Crippen molar-refractivity contribution in [2.24, 2.45) is 13.0 Å². The quantitative estimate of drug-likeness (QED) is 0.731. The molecular weight excluding hydrogens is 368 g/mol. The number of urea groups is 1. The summed E-state index contributed by atoms with van der Waals surface area (Å²) >= 11 is 0.